The second-order valence-electron chi connectivity index (χ2n) is 10.4. The van der Waals surface area contributed by atoms with Gasteiger partial charge in [0.15, 0.2) is 0 Å². The Balaban J connectivity index is 1.51. The second kappa shape index (κ2) is 11.4. The summed E-state index contributed by atoms with van der Waals surface area (Å²) in [6.07, 6.45) is 1.84. The number of aliphatic hydroxyl groups excluding tert-OH is 1. The van der Waals surface area contributed by atoms with Crippen molar-refractivity contribution in [1.29, 1.82) is 0 Å². The first-order chi connectivity index (χ1) is 18.4. The molecule has 9 heteroatoms. The third-order valence-electron chi connectivity index (χ3n) is 8.06. The van der Waals surface area contributed by atoms with E-state index in [0.29, 0.717) is 25.9 Å². The van der Waals surface area contributed by atoms with E-state index in [2.05, 4.69) is 26.6 Å². The number of rotatable bonds is 10. The molecule has 2 aromatic rings. The molecule has 3 saturated heterocycles. The van der Waals surface area contributed by atoms with Crippen LogP contribution in [0.1, 0.15) is 30.9 Å². The number of aliphatic hydroxyl groups is 1. The number of nitrogens with zero attached hydrogens (tertiary/aromatic N) is 1. The Kier molecular flexibility index (Phi) is 8.16. The van der Waals surface area contributed by atoms with Gasteiger partial charge in [-0.05, 0) is 30.4 Å². The van der Waals surface area contributed by atoms with E-state index >= 15 is 0 Å². The largest absolute Gasteiger partial charge is 0.394 e. The highest BCUT2D eigenvalue weighted by molar-refractivity contribution is 9.09. The van der Waals surface area contributed by atoms with Crippen LogP contribution in [0.5, 0.6) is 0 Å². The Bertz CT molecular complexity index is 1170. The molecule has 3 aliphatic rings. The van der Waals surface area contributed by atoms with E-state index in [-0.39, 0.29) is 34.4 Å². The third-order valence-corrected chi connectivity index (χ3v) is 11.3. The molecule has 3 fully saturated rings. The lowest BCUT2D eigenvalue weighted by atomic mass is 9.70. The minimum Gasteiger partial charge on any atom is -0.394 e. The molecule has 7 atom stereocenters. The lowest BCUT2D eigenvalue weighted by molar-refractivity contribution is -0.142. The number of likely N-dealkylation sites (tertiary alicyclic amines) is 1. The molecule has 3 amide bonds. The Morgan fingerprint density at radius 2 is 1.74 bits per heavy atom. The van der Waals surface area contributed by atoms with Crippen LogP contribution in [0, 0.1) is 11.8 Å². The minimum atomic E-state index is -0.788. The van der Waals surface area contributed by atoms with Gasteiger partial charge in [-0.3, -0.25) is 14.4 Å². The van der Waals surface area contributed by atoms with Crippen LogP contribution in [-0.4, -0.2) is 67.8 Å². The molecular weight excluding hydrogens is 566 g/mol. The van der Waals surface area contributed by atoms with Crippen LogP contribution in [0.25, 0.3) is 0 Å². The normalized spacial score (nSPS) is 30.2. The zero-order valence-electron chi connectivity index (χ0n) is 21.4. The predicted molar refractivity (Wildman–Crippen MR) is 152 cm³/mol. The van der Waals surface area contributed by atoms with Crippen molar-refractivity contribution in [2.75, 3.05) is 13.2 Å². The van der Waals surface area contributed by atoms with E-state index in [1.54, 1.807) is 16.7 Å². The fraction of sp³-hybridized carbons (Fsp3) is 0.483. The van der Waals surface area contributed by atoms with Crippen molar-refractivity contribution in [3.05, 3.63) is 71.8 Å². The summed E-state index contributed by atoms with van der Waals surface area (Å²) in [7, 11) is 0. The molecule has 7 nitrogen and oxygen atoms in total. The van der Waals surface area contributed by atoms with Gasteiger partial charge >= 0.3 is 0 Å². The number of halogens is 1. The molecule has 3 heterocycles. The van der Waals surface area contributed by atoms with Crippen LogP contribution in [0.2, 0.25) is 0 Å². The Morgan fingerprint density at radius 3 is 2.37 bits per heavy atom. The first-order valence-corrected chi connectivity index (χ1v) is 15.1. The molecule has 3 aliphatic heterocycles. The van der Waals surface area contributed by atoms with Crippen LogP contribution in [-0.2, 0) is 27.3 Å². The number of alkyl halides is 1. The molecule has 3 unspecified atom stereocenters. The minimum absolute atomic E-state index is 0.0139. The van der Waals surface area contributed by atoms with Crippen molar-refractivity contribution in [3.63, 3.8) is 0 Å². The predicted octanol–water partition coefficient (Wildman–Crippen LogP) is 2.90. The number of amides is 3. The van der Waals surface area contributed by atoms with Crippen molar-refractivity contribution < 1.29 is 19.5 Å². The van der Waals surface area contributed by atoms with E-state index in [0.717, 1.165) is 17.5 Å². The van der Waals surface area contributed by atoms with Gasteiger partial charge in [-0.2, -0.15) is 0 Å². The first kappa shape index (κ1) is 27.2. The van der Waals surface area contributed by atoms with Crippen molar-refractivity contribution in [1.82, 2.24) is 15.5 Å². The van der Waals surface area contributed by atoms with E-state index < -0.39 is 28.7 Å². The molecular formula is C29H34BrN3O4S. The molecule has 202 valence electrons. The summed E-state index contributed by atoms with van der Waals surface area (Å²) in [4.78, 5) is 43.3. The van der Waals surface area contributed by atoms with Crippen molar-refractivity contribution in [3.8, 4) is 0 Å². The van der Waals surface area contributed by atoms with Gasteiger partial charge in [0.05, 0.1) is 29.2 Å². The SMILES string of the molecule is CCCNC(=O)[C@H]1[C@H]2C(=O)N([C@@H](CO)Cc3ccccc3)C(C(=O)NCc3ccccc3)C23CC(Br)[C@@H]1S3. The maximum absolute atomic E-state index is 14.3. The fourth-order valence-electron chi connectivity index (χ4n) is 6.44. The van der Waals surface area contributed by atoms with Crippen LogP contribution >= 0.6 is 27.7 Å². The smallest absolute Gasteiger partial charge is 0.244 e. The van der Waals surface area contributed by atoms with Gasteiger partial charge in [-0.1, -0.05) is 83.5 Å². The van der Waals surface area contributed by atoms with Crippen LogP contribution in [0.15, 0.2) is 60.7 Å². The molecule has 2 aromatic carbocycles. The van der Waals surface area contributed by atoms with Gasteiger partial charge in [-0.25, -0.2) is 0 Å². The topological polar surface area (TPSA) is 98.7 Å². The second-order valence-corrected chi connectivity index (χ2v) is 13.1. The average molecular weight is 601 g/mol. The molecule has 0 aliphatic carbocycles. The standard InChI is InChI=1S/C29H34BrN3O4S/c1-2-13-31-26(35)22-23-28(37)33(20(17-34)14-18-9-5-3-6-10-18)25(29(23)15-21(30)24(22)38-29)27(36)32-16-19-11-7-4-8-12-19/h3-12,20-25,34H,2,13-17H2,1H3,(H,31,35)(H,32,36)/t20-,21?,22+,23+,24+,25?,29?/m1/s1. The van der Waals surface area contributed by atoms with Gasteiger partial charge in [0, 0.05) is 23.2 Å². The van der Waals surface area contributed by atoms with E-state index in [9.17, 15) is 19.5 Å². The number of carbonyl (C=O) groups is 3. The number of fused-ring (bicyclic) bond motifs is 1. The highest BCUT2D eigenvalue weighted by atomic mass is 79.9. The number of thioether (sulfide) groups is 1. The molecule has 3 N–H and O–H groups in total. The van der Waals surface area contributed by atoms with Crippen molar-refractivity contribution >= 4 is 45.4 Å². The molecule has 38 heavy (non-hydrogen) atoms. The number of hydrogen-bond acceptors (Lipinski definition) is 5. The molecule has 0 saturated carbocycles. The lowest BCUT2D eigenvalue weighted by Crippen LogP contribution is -2.57. The van der Waals surface area contributed by atoms with Gasteiger partial charge in [0.25, 0.3) is 0 Å². The summed E-state index contributed by atoms with van der Waals surface area (Å²) < 4.78 is -0.741. The van der Waals surface area contributed by atoms with E-state index in [1.165, 1.54) is 0 Å². The van der Waals surface area contributed by atoms with Crippen molar-refractivity contribution in [2.45, 2.75) is 59.6 Å². The molecule has 5 rings (SSSR count). The average Bonchev–Trinajstić information content (AvgIpc) is 3.53. The number of benzene rings is 2. The zero-order chi connectivity index (χ0) is 26.9. The van der Waals surface area contributed by atoms with Crippen LogP contribution in [0.4, 0.5) is 0 Å². The zero-order valence-corrected chi connectivity index (χ0v) is 23.8. The highest BCUT2D eigenvalue weighted by Gasteiger charge is 2.76. The Labute approximate surface area is 236 Å². The number of nitrogens with one attached hydrogen (secondary N) is 2. The van der Waals surface area contributed by atoms with Gasteiger partial charge in [0.1, 0.15) is 6.04 Å². The van der Waals surface area contributed by atoms with Gasteiger partial charge in [0.2, 0.25) is 17.7 Å². The fourth-order valence-corrected chi connectivity index (χ4v) is 10.0. The van der Waals surface area contributed by atoms with E-state index in [1.807, 2.05) is 67.6 Å². The molecule has 0 radical (unpaired) electrons. The lowest BCUT2D eigenvalue weighted by Gasteiger charge is -2.37. The first-order valence-electron chi connectivity index (χ1n) is 13.3. The van der Waals surface area contributed by atoms with Gasteiger partial charge < -0.3 is 20.6 Å². The van der Waals surface area contributed by atoms with E-state index in [4.69, 9.17) is 0 Å². The maximum Gasteiger partial charge on any atom is 0.244 e. The van der Waals surface area contributed by atoms with Crippen molar-refractivity contribution in [2.24, 2.45) is 11.8 Å². The van der Waals surface area contributed by atoms with Gasteiger partial charge in [-0.15, -0.1) is 11.8 Å². The van der Waals surface area contributed by atoms with Crippen LogP contribution in [0.3, 0.4) is 0 Å². The quantitative estimate of drug-likeness (QED) is 0.365. The molecule has 0 aromatic heterocycles. The number of hydrogen-bond donors (Lipinski definition) is 3. The molecule has 2 bridgehead atoms. The highest BCUT2D eigenvalue weighted by Crippen LogP contribution is 2.68. The third kappa shape index (κ3) is 4.77. The summed E-state index contributed by atoms with van der Waals surface area (Å²) in [6.45, 7) is 2.61. The summed E-state index contributed by atoms with van der Waals surface area (Å²) in [5.74, 6) is -1.70. The van der Waals surface area contributed by atoms with Crippen LogP contribution < -0.4 is 10.6 Å². The maximum atomic E-state index is 14.3. The number of carbonyl (C=O) groups excluding carboxylic acids is 3. The summed E-state index contributed by atoms with van der Waals surface area (Å²) in [5, 5.41) is 16.5. The molecule has 1 spiro atoms. The summed E-state index contributed by atoms with van der Waals surface area (Å²) in [5.41, 5.74) is 1.94. The Morgan fingerprint density at radius 1 is 1.08 bits per heavy atom. The summed E-state index contributed by atoms with van der Waals surface area (Å²) in [6, 6.07) is 18.0. The Hall–Kier alpha value is -2.36. The monoisotopic (exact) mass is 599 g/mol. The summed E-state index contributed by atoms with van der Waals surface area (Å²) >= 11 is 5.41.